The molecule has 5 nitrogen and oxygen atoms in total. The Bertz CT molecular complexity index is 380. The van der Waals surface area contributed by atoms with Gasteiger partial charge in [0.25, 0.3) is 5.91 Å². The minimum Gasteiger partial charge on any atom is -0.349 e. The lowest BCUT2D eigenvalue weighted by Gasteiger charge is -2.28. The molecular weight excluding hydrogens is 216 g/mol. The number of nitrogens with zero attached hydrogens (tertiary/aromatic N) is 1. The molecule has 0 spiro atoms. The van der Waals surface area contributed by atoms with Gasteiger partial charge in [0.1, 0.15) is 0 Å². The summed E-state index contributed by atoms with van der Waals surface area (Å²) in [5, 5.41) is 13.0. The zero-order valence-electron chi connectivity index (χ0n) is 10.4. The monoisotopic (exact) mass is 236 g/mol. The zero-order chi connectivity index (χ0) is 12.3. The zero-order valence-corrected chi connectivity index (χ0v) is 10.4. The molecule has 1 aliphatic carbocycles. The van der Waals surface area contributed by atoms with Gasteiger partial charge in [-0.15, -0.1) is 0 Å². The van der Waals surface area contributed by atoms with Gasteiger partial charge in [-0.05, 0) is 39.7 Å². The maximum atomic E-state index is 12.0. The number of amides is 1. The van der Waals surface area contributed by atoms with Crippen LogP contribution in [0.3, 0.4) is 0 Å². The van der Waals surface area contributed by atoms with Crippen LogP contribution in [0, 0.1) is 6.92 Å². The van der Waals surface area contributed by atoms with Crippen LogP contribution in [0.25, 0.3) is 0 Å². The van der Waals surface area contributed by atoms with Crippen LogP contribution in [0.1, 0.15) is 41.7 Å². The van der Waals surface area contributed by atoms with Crippen LogP contribution in [0.15, 0.2) is 6.20 Å². The molecule has 1 aromatic heterocycles. The molecular formula is C12H20N4O. The number of nitrogens with one attached hydrogen (secondary N) is 3. The highest BCUT2D eigenvalue weighted by Crippen LogP contribution is 2.18. The van der Waals surface area contributed by atoms with E-state index in [-0.39, 0.29) is 5.91 Å². The summed E-state index contributed by atoms with van der Waals surface area (Å²) in [5.41, 5.74) is 1.48. The molecule has 0 aliphatic heterocycles. The van der Waals surface area contributed by atoms with Crippen LogP contribution in [0.2, 0.25) is 0 Å². The van der Waals surface area contributed by atoms with Crippen molar-refractivity contribution in [2.75, 3.05) is 7.05 Å². The van der Waals surface area contributed by atoms with E-state index in [1.165, 1.54) is 0 Å². The third-order valence-corrected chi connectivity index (χ3v) is 3.55. The predicted octanol–water partition coefficient (Wildman–Crippen LogP) is 0.979. The van der Waals surface area contributed by atoms with E-state index in [0.717, 1.165) is 31.4 Å². The van der Waals surface area contributed by atoms with E-state index in [0.29, 0.717) is 17.6 Å². The smallest absolute Gasteiger partial charge is 0.254 e. The number of hydrogen-bond donors (Lipinski definition) is 3. The maximum Gasteiger partial charge on any atom is 0.254 e. The van der Waals surface area contributed by atoms with E-state index in [1.807, 2.05) is 14.0 Å². The van der Waals surface area contributed by atoms with Crippen molar-refractivity contribution in [3.63, 3.8) is 0 Å². The molecule has 1 aromatic rings. The molecule has 1 heterocycles. The van der Waals surface area contributed by atoms with Crippen LogP contribution in [-0.2, 0) is 0 Å². The van der Waals surface area contributed by atoms with E-state index in [4.69, 9.17) is 0 Å². The number of hydrogen-bond acceptors (Lipinski definition) is 3. The Kier molecular flexibility index (Phi) is 3.78. The van der Waals surface area contributed by atoms with Gasteiger partial charge in [-0.25, -0.2) is 0 Å². The summed E-state index contributed by atoms with van der Waals surface area (Å²) in [6.07, 6.45) is 5.95. The third-order valence-electron chi connectivity index (χ3n) is 3.55. The second-order valence-corrected chi connectivity index (χ2v) is 4.72. The summed E-state index contributed by atoms with van der Waals surface area (Å²) in [4.78, 5) is 12.0. The van der Waals surface area contributed by atoms with Gasteiger partial charge >= 0.3 is 0 Å². The second-order valence-electron chi connectivity index (χ2n) is 4.72. The van der Waals surface area contributed by atoms with Gasteiger partial charge in [-0.2, -0.15) is 5.10 Å². The van der Waals surface area contributed by atoms with Crippen molar-refractivity contribution in [3.05, 3.63) is 17.5 Å². The molecule has 1 fully saturated rings. The Morgan fingerprint density at radius 2 is 2.00 bits per heavy atom. The molecule has 0 aromatic carbocycles. The van der Waals surface area contributed by atoms with E-state index >= 15 is 0 Å². The van der Waals surface area contributed by atoms with Crippen molar-refractivity contribution >= 4 is 5.91 Å². The molecule has 2 rings (SSSR count). The summed E-state index contributed by atoms with van der Waals surface area (Å²) in [6, 6.07) is 0.917. The Hall–Kier alpha value is -1.36. The summed E-state index contributed by atoms with van der Waals surface area (Å²) in [7, 11) is 2.00. The third kappa shape index (κ3) is 2.85. The van der Waals surface area contributed by atoms with E-state index < -0.39 is 0 Å². The van der Waals surface area contributed by atoms with Crippen LogP contribution < -0.4 is 10.6 Å². The molecule has 0 unspecified atom stereocenters. The molecule has 0 bridgehead atoms. The first-order valence-corrected chi connectivity index (χ1v) is 6.18. The Labute approximate surface area is 101 Å². The quantitative estimate of drug-likeness (QED) is 0.732. The first-order valence-electron chi connectivity index (χ1n) is 6.18. The molecule has 17 heavy (non-hydrogen) atoms. The molecule has 0 saturated heterocycles. The van der Waals surface area contributed by atoms with Crippen LogP contribution in [-0.4, -0.2) is 35.2 Å². The molecule has 0 radical (unpaired) electrons. The first-order chi connectivity index (χ1) is 8.20. The normalized spacial score (nSPS) is 24.6. The number of H-pyrrole nitrogens is 1. The van der Waals surface area contributed by atoms with E-state index in [1.54, 1.807) is 6.20 Å². The fraction of sp³-hybridized carbons (Fsp3) is 0.667. The summed E-state index contributed by atoms with van der Waals surface area (Å²) in [5.74, 6) is -0.0100. The summed E-state index contributed by atoms with van der Waals surface area (Å²) in [6.45, 7) is 1.86. The van der Waals surface area contributed by atoms with Gasteiger partial charge in [0.2, 0.25) is 0 Å². The van der Waals surface area contributed by atoms with Crippen molar-refractivity contribution in [2.45, 2.75) is 44.7 Å². The Morgan fingerprint density at radius 1 is 1.35 bits per heavy atom. The number of aryl methyl sites for hydroxylation is 1. The number of aromatic nitrogens is 2. The molecule has 0 atom stereocenters. The van der Waals surface area contributed by atoms with E-state index in [9.17, 15) is 4.79 Å². The molecule has 1 aliphatic rings. The average molecular weight is 236 g/mol. The Morgan fingerprint density at radius 3 is 2.53 bits per heavy atom. The fourth-order valence-electron chi connectivity index (χ4n) is 2.37. The van der Waals surface area contributed by atoms with Gasteiger partial charge in [0.15, 0.2) is 0 Å². The standard InChI is InChI=1S/C12H20N4O/c1-8-11(7-14-16-8)12(17)15-10-5-3-9(13-2)4-6-10/h7,9-10,13H,3-6H2,1-2H3,(H,14,16)(H,15,17). The molecule has 1 saturated carbocycles. The molecule has 5 heteroatoms. The molecule has 1 amide bonds. The lowest BCUT2D eigenvalue weighted by Crippen LogP contribution is -2.41. The highest BCUT2D eigenvalue weighted by molar-refractivity contribution is 5.95. The molecule has 94 valence electrons. The van der Waals surface area contributed by atoms with Crippen molar-refractivity contribution in [3.8, 4) is 0 Å². The minimum absolute atomic E-state index is 0.0100. The van der Waals surface area contributed by atoms with Gasteiger partial charge in [-0.3, -0.25) is 9.89 Å². The summed E-state index contributed by atoms with van der Waals surface area (Å²) < 4.78 is 0. The molecule has 3 N–H and O–H groups in total. The largest absolute Gasteiger partial charge is 0.349 e. The number of carbonyl (C=O) groups is 1. The predicted molar refractivity (Wildman–Crippen MR) is 65.9 cm³/mol. The van der Waals surface area contributed by atoms with Gasteiger partial charge in [0.05, 0.1) is 11.8 Å². The number of aromatic amines is 1. The lowest BCUT2D eigenvalue weighted by atomic mass is 9.91. The van der Waals surface area contributed by atoms with Crippen LogP contribution >= 0.6 is 0 Å². The first kappa shape index (κ1) is 12.1. The van der Waals surface area contributed by atoms with Gasteiger partial charge in [-0.1, -0.05) is 0 Å². The maximum absolute atomic E-state index is 12.0. The SMILES string of the molecule is CNC1CCC(NC(=O)c2cn[nH]c2C)CC1. The Balaban J connectivity index is 1.86. The highest BCUT2D eigenvalue weighted by Gasteiger charge is 2.22. The van der Waals surface area contributed by atoms with Gasteiger partial charge in [0, 0.05) is 17.8 Å². The van der Waals surface area contributed by atoms with Gasteiger partial charge < -0.3 is 10.6 Å². The number of carbonyl (C=O) groups excluding carboxylic acids is 1. The van der Waals surface area contributed by atoms with Crippen molar-refractivity contribution in [1.82, 2.24) is 20.8 Å². The minimum atomic E-state index is -0.0100. The number of rotatable bonds is 3. The van der Waals surface area contributed by atoms with Crippen molar-refractivity contribution in [2.24, 2.45) is 0 Å². The summed E-state index contributed by atoms with van der Waals surface area (Å²) >= 11 is 0. The lowest BCUT2D eigenvalue weighted by molar-refractivity contribution is 0.0924. The second kappa shape index (κ2) is 5.31. The van der Waals surface area contributed by atoms with Crippen molar-refractivity contribution < 1.29 is 4.79 Å². The van der Waals surface area contributed by atoms with Crippen LogP contribution in [0.5, 0.6) is 0 Å². The van der Waals surface area contributed by atoms with E-state index in [2.05, 4.69) is 20.8 Å². The van der Waals surface area contributed by atoms with Crippen molar-refractivity contribution in [1.29, 1.82) is 0 Å². The average Bonchev–Trinajstić information content (AvgIpc) is 2.76. The fourth-order valence-corrected chi connectivity index (χ4v) is 2.37. The topological polar surface area (TPSA) is 69.8 Å². The highest BCUT2D eigenvalue weighted by atomic mass is 16.1. The van der Waals surface area contributed by atoms with Crippen LogP contribution in [0.4, 0.5) is 0 Å².